The van der Waals surface area contributed by atoms with Gasteiger partial charge in [0.15, 0.2) is 0 Å². The van der Waals surface area contributed by atoms with Gasteiger partial charge in [-0.05, 0) is 58.9 Å². The van der Waals surface area contributed by atoms with E-state index in [0.717, 1.165) is 11.4 Å². The fraction of sp³-hybridized carbons (Fsp3) is 0.588. The second-order valence-electron chi connectivity index (χ2n) is 6.35. The highest BCUT2D eigenvalue weighted by atomic mass is 32.2. The number of thioether (sulfide) groups is 1. The van der Waals surface area contributed by atoms with Crippen molar-refractivity contribution >= 4 is 17.7 Å². The van der Waals surface area contributed by atoms with Crippen LogP contribution in [0.1, 0.15) is 53.1 Å². The molecule has 2 atom stereocenters. The Morgan fingerprint density at radius 1 is 1.19 bits per heavy atom. The van der Waals surface area contributed by atoms with E-state index in [1.165, 1.54) is 5.56 Å². The van der Waals surface area contributed by atoms with Gasteiger partial charge < -0.3 is 10.6 Å². The van der Waals surface area contributed by atoms with Crippen molar-refractivity contribution in [2.75, 3.05) is 6.54 Å². The largest absolute Gasteiger partial charge is 0.351 e. The maximum Gasteiger partial charge on any atom is 0.233 e. The van der Waals surface area contributed by atoms with Crippen molar-refractivity contribution in [1.29, 1.82) is 0 Å². The summed E-state index contributed by atoms with van der Waals surface area (Å²) in [6.07, 6.45) is 0. The van der Waals surface area contributed by atoms with Gasteiger partial charge in [-0.1, -0.05) is 19.1 Å². The molecule has 1 amide bonds. The highest BCUT2D eigenvalue weighted by Crippen LogP contribution is 2.25. The number of hydrogen-bond donors (Lipinski definition) is 2. The molecule has 1 aromatic carbocycles. The van der Waals surface area contributed by atoms with E-state index in [1.807, 2.05) is 27.7 Å². The lowest BCUT2D eigenvalue weighted by atomic mass is 10.1. The molecule has 0 aromatic heterocycles. The number of amides is 1. The summed E-state index contributed by atoms with van der Waals surface area (Å²) in [5.74, 6) is 0.0811. The highest BCUT2D eigenvalue weighted by molar-refractivity contribution is 8.00. The van der Waals surface area contributed by atoms with Crippen molar-refractivity contribution in [3.63, 3.8) is 0 Å². The van der Waals surface area contributed by atoms with Crippen molar-refractivity contribution < 1.29 is 4.79 Å². The fourth-order valence-corrected chi connectivity index (χ4v) is 2.86. The Bertz CT molecular complexity index is 451. The van der Waals surface area contributed by atoms with Crippen molar-refractivity contribution in [1.82, 2.24) is 10.6 Å². The van der Waals surface area contributed by atoms with E-state index in [-0.39, 0.29) is 16.7 Å². The summed E-state index contributed by atoms with van der Waals surface area (Å²) in [6.45, 7) is 13.2. The zero-order valence-corrected chi connectivity index (χ0v) is 14.8. The quantitative estimate of drug-likeness (QED) is 0.786. The van der Waals surface area contributed by atoms with Crippen LogP contribution in [0, 0.1) is 0 Å². The maximum absolute atomic E-state index is 12.1. The molecule has 4 heteroatoms. The fourth-order valence-electron chi connectivity index (χ4n) is 1.99. The first-order valence-corrected chi connectivity index (χ1v) is 8.43. The SMILES string of the molecule is CCNC(C)c1ccc(SC(C)C(=O)NC(C)(C)C)cc1. The summed E-state index contributed by atoms with van der Waals surface area (Å²) >= 11 is 1.59. The van der Waals surface area contributed by atoms with Crippen LogP contribution >= 0.6 is 11.8 Å². The van der Waals surface area contributed by atoms with Crippen LogP contribution in [-0.4, -0.2) is 23.2 Å². The molecule has 0 spiro atoms. The summed E-state index contributed by atoms with van der Waals surface area (Å²) in [5.41, 5.74) is 1.09. The lowest BCUT2D eigenvalue weighted by molar-refractivity contribution is -0.121. The Morgan fingerprint density at radius 3 is 2.24 bits per heavy atom. The monoisotopic (exact) mass is 308 g/mol. The summed E-state index contributed by atoms with van der Waals surface area (Å²) < 4.78 is 0. The molecule has 1 rings (SSSR count). The third-order valence-electron chi connectivity index (χ3n) is 3.07. The Balaban J connectivity index is 2.61. The Morgan fingerprint density at radius 2 is 1.76 bits per heavy atom. The van der Waals surface area contributed by atoms with E-state index in [4.69, 9.17) is 0 Å². The van der Waals surface area contributed by atoms with Crippen LogP contribution < -0.4 is 10.6 Å². The smallest absolute Gasteiger partial charge is 0.233 e. The predicted molar refractivity (Wildman–Crippen MR) is 91.7 cm³/mol. The van der Waals surface area contributed by atoms with E-state index >= 15 is 0 Å². The molecular weight excluding hydrogens is 280 g/mol. The van der Waals surface area contributed by atoms with E-state index in [1.54, 1.807) is 11.8 Å². The third-order valence-corrected chi connectivity index (χ3v) is 4.18. The van der Waals surface area contributed by atoms with E-state index in [2.05, 4.69) is 48.7 Å². The van der Waals surface area contributed by atoms with Crippen LogP contribution in [0.15, 0.2) is 29.2 Å². The number of carbonyl (C=O) groups is 1. The number of rotatable bonds is 6. The van der Waals surface area contributed by atoms with Gasteiger partial charge in [0.05, 0.1) is 5.25 Å². The van der Waals surface area contributed by atoms with Crippen molar-refractivity contribution in [2.45, 2.75) is 63.3 Å². The average molecular weight is 308 g/mol. The molecular formula is C17H28N2OS. The summed E-state index contributed by atoms with van der Waals surface area (Å²) in [6, 6.07) is 8.80. The van der Waals surface area contributed by atoms with Crippen LogP contribution in [0.3, 0.4) is 0 Å². The van der Waals surface area contributed by atoms with E-state index < -0.39 is 0 Å². The highest BCUT2D eigenvalue weighted by Gasteiger charge is 2.20. The minimum Gasteiger partial charge on any atom is -0.351 e. The summed E-state index contributed by atoms with van der Waals surface area (Å²) in [5, 5.41) is 6.31. The standard InChI is InChI=1S/C17H28N2OS/c1-7-18-12(2)14-8-10-15(11-9-14)21-13(3)16(20)19-17(4,5)6/h8-13,18H,7H2,1-6H3,(H,19,20). The van der Waals surface area contributed by atoms with Gasteiger partial charge in [0, 0.05) is 16.5 Å². The molecule has 2 unspecified atom stereocenters. The van der Waals surface area contributed by atoms with Gasteiger partial charge in [-0.2, -0.15) is 0 Å². The lowest BCUT2D eigenvalue weighted by Crippen LogP contribution is -2.44. The van der Waals surface area contributed by atoms with E-state index in [0.29, 0.717) is 6.04 Å². The van der Waals surface area contributed by atoms with Crippen LogP contribution in [0.25, 0.3) is 0 Å². The molecule has 0 fully saturated rings. The second kappa shape index (κ2) is 7.85. The van der Waals surface area contributed by atoms with Gasteiger partial charge in [0.1, 0.15) is 0 Å². The predicted octanol–water partition coefficient (Wildman–Crippen LogP) is 3.75. The zero-order chi connectivity index (χ0) is 16.0. The molecule has 21 heavy (non-hydrogen) atoms. The Hall–Kier alpha value is -1.00. The normalized spacial score (nSPS) is 14.6. The van der Waals surface area contributed by atoms with Gasteiger partial charge in [-0.3, -0.25) is 4.79 Å². The van der Waals surface area contributed by atoms with Crippen LogP contribution in [0.4, 0.5) is 0 Å². The maximum atomic E-state index is 12.1. The molecule has 0 radical (unpaired) electrons. The number of carbonyl (C=O) groups excluding carboxylic acids is 1. The lowest BCUT2D eigenvalue weighted by Gasteiger charge is -2.23. The molecule has 2 N–H and O–H groups in total. The number of hydrogen-bond acceptors (Lipinski definition) is 3. The van der Waals surface area contributed by atoms with Crippen LogP contribution in [-0.2, 0) is 4.79 Å². The molecule has 118 valence electrons. The summed E-state index contributed by atoms with van der Waals surface area (Å²) in [4.78, 5) is 13.2. The summed E-state index contributed by atoms with van der Waals surface area (Å²) in [7, 11) is 0. The first-order chi connectivity index (χ1) is 9.73. The van der Waals surface area contributed by atoms with Crippen LogP contribution in [0.5, 0.6) is 0 Å². The molecule has 0 aliphatic heterocycles. The molecule has 0 saturated carbocycles. The molecule has 0 aliphatic carbocycles. The van der Waals surface area contributed by atoms with Gasteiger partial charge in [0.25, 0.3) is 0 Å². The van der Waals surface area contributed by atoms with Crippen LogP contribution in [0.2, 0.25) is 0 Å². The second-order valence-corrected chi connectivity index (χ2v) is 7.76. The average Bonchev–Trinajstić information content (AvgIpc) is 2.37. The van der Waals surface area contributed by atoms with Gasteiger partial charge in [-0.15, -0.1) is 11.8 Å². The van der Waals surface area contributed by atoms with Crippen molar-refractivity contribution in [3.8, 4) is 0 Å². The topological polar surface area (TPSA) is 41.1 Å². The van der Waals surface area contributed by atoms with Gasteiger partial charge >= 0.3 is 0 Å². The third kappa shape index (κ3) is 6.53. The number of benzene rings is 1. The number of nitrogens with one attached hydrogen (secondary N) is 2. The molecule has 0 heterocycles. The van der Waals surface area contributed by atoms with Gasteiger partial charge in [-0.25, -0.2) is 0 Å². The van der Waals surface area contributed by atoms with Gasteiger partial charge in [0.2, 0.25) is 5.91 Å². The molecule has 3 nitrogen and oxygen atoms in total. The Labute approximate surface area is 133 Å². The first kappa shape index (κ1) is 18.1. The zero-order valence-electron chi connectivity index (χ0n) is 14.0. The van der Waals surface area contributed by atoms with E-state index in [9.17, 15) is 4.79 Å². The molecule has 0 saturated heterocycles. The molecule has 0 bridgehead atoms. The Kier molecular flexibility index (Phi) is 6.75. The van der Waals surface area contributed by atoms with Crippen molar-refractivity contribution in [2.24, 2.45) is 0 Å². The minimum absolute atomic E-state index is 0.0811. The minimum atomic E-state index is -0.184. The molecule has 1 aromatic rings. The molecule has 0 aliphatic rings. The first-order valence-electron chi connectivity index (χ1n) is 7.55. The van der Waals surface area contributed by atoms with Crippen molar-refractivity contribution in [3.05, 3.63) is 29.8 Å².